The predicted molar refractivity (Wildman–Crippen MR) is 93.5 cm³/mol. The molecule has 2 aliphatic heterocycles. The highest BCUT2D eigenvalue weighted by atomic mass is 16.6. The van der Waals surface area contributed by atoms with Gasteiger partial charge in [-0.3, -0.25) is 0 Å². The summed E-state index contributed by atoms with van der Waals surface area (Å²) in [5.41, 5.74) is 1.33. The molecule has 2 bridgehead atoms. The Kier molecular flexibility index (Phi) is 4.95. The number of nitrogens with zero attached hydrogens (tertiary/aromatic N) is 1. The number of fused-ring (bicyclic) bond motifs is 2. The van der Waals surface area contributed by atoms with Crippen LogP contribution in [0.3, 0.4) is 0 Å². The second kappa shape index (κ2) is 6.98. The molecule has 130 valence electrons. The van der Waals surface area contributed by atoms with Crippen molar-refractivity contribution < 1.29 is 14.6 Å². The summed E-state index contributed by atoms with van der Waals surface area (Å²) in [6.07, 6.45) is 5.93. The molecule has 3 rings (SSSR count). The summed E-state index contributed by atoms with van der Waals surface area (Å²) in [5, 5.41) is 10.9. The summed E-state index contributed by atoms with van der Waals surface area (Å²) in [5.74, 6) is 0. The molecule has 1 N–H and O–H groups in total. The molecule has 2 aliphatic rings. The first-order valence-corrected chi connectivity index (χ1v) is 8.84. The second-order valence-electron chi connectivity index (χ2n) is 7.42. The summed E-state index contributed by atoms with van der Waals surface area (Å²) in [7, 11) is 0. The number of aliphatic hydroxyl groups is 1. The Morgan fingerprint density at radius 2 is 1.88 bits per heavy atom. The molecule has 4 nitrogen and oxygen atoms in total. The van der Waals surface area contributed by atoms with Crippen molar-refractivity contribution >= 4 is 6.09 Å². The lowest BCUT2D eigenvalue weighted by atomic mass is 9.75. The summed E-state index contributed by atoms with van der Waals surface area (Å²) >= 11 is 0. The fourth-order valence-corrected chi connectivity index (χ4v) is 4.21. The van der Waals surface area contributed by atoms with Crippen LogP contribution in [-0.4, -0.2) is 33.8 Å². The largest absolute Gasteiger partial charge is 0.445 e. The number of carbonyl (C=O) groups is 1. The molecule has 0 spiro atoms. The fraction of sp³-hybridized carbons (Fsp3) is 0.550. The number of hydrogen-bond donors (Lipinski definition) is 1. The van der Waals surface area contributed by atoms with E-state index < -0.39 is 5.60 Å². The van der Waals surface area contributed by atoms with Crippen LogP contribution in [-0.2, 0) is 11.3 Å². The van der Waals surface area contributed by atoms with E-state index in [2.05, 4.69) is 0 Å². The standard InChI is InChI=1S/C20H27NO3/c1-15(2)11-20(23)12-17-9-6-10-18(13-20)21(17)19(22)24-14-16-7-4-3-5-8-16/h3-5,7-8,11,17-18,23H,6,9-10,12-14H2,1-2H3. The van der Waals surface area contributed by atoms with Crippen molar-refractivity contribution in [3.05, 3.63) is 47.5 Å². The lowest BCUT2D eigenvalue weighted by Gasteiger charge is -2.50. The van der Waals surface area contributed by atoms with Crippen molar-refractivity contribution in [1.29, 1.82) is 0 Å². The van der Waals surface area contributed by atoms with Crippen LogP contribution >= 0.6 is 0 Å². The van der Waals surface area contributed by atoms with Crippen LogP contribution in [0.1, 0.15) is 51.5 Å². The zero-order valence-corrected chi connectivity index (χ0v) is 14.6. The topological polar surface area (TPSA) is 49.8 Å². The molecule has 0 radical (unpaired) electrons. The van der Waals surface area contributed by atoms with Gasteiger partial charge in [0.25, 0.3) is 0 Å². The van der Waals surface area contributed by atoms with E-state index in [1.54, 1.807) is 0 Å². The van der Waals surface area contributed by atoms with Crippen molar-refractivity contribution in [3.63, 3.8) is 0 Å². The second-order valence-corrected chi connectivity index (χ2v) is 7.42. The van der Waals surface area contributed by atoms with Crippen molar-refractivity contribution in [1.82, 2.24) is 4.90 Å². The average Bonchev–Trinajstić information content (AvgIpc) is 2.51. The maximum atomic E-state index is 12.6. The van der Waals surface area contributed by atoms with Crippen molar-refractivity contribution in [2.75, 3.05) is 0 Å². The van der Waals surface area contributed by atoms with E-state index in [0.717, 1.165) is 30.4 Å². The summed E-state index contributed by atoms with van der Waals surface area (Å²) < 4.78 is 5.54. The Morgan fingerprint density at radius 3 is 2.46 bits per heavy atom. The van der Waals surface area contributed by atoms with Crippen LogP contribution < -0.4 is 0 Å². The summed E-state index contributed by atoms with van der Waals surface area (Å²) in [6, 6.07) is 9.89. The smallest absolute Gasteiger partial charge is 0.410 e. The summed E-state index contributed by atoms with van der Waals surface area (Å²) in [6.45, 7) is 4.32. The highest BCUT2D eigenvalue weighted by Crippen LogP contribution is 2.40. The number of rotatable bonds is 3. The van der Waals surface area contributed by atoms with Gasteiger partial charge in [0.1, 0.15) is 6.61 Å². The van der Waals surface area contributed by atoms with E-state index in [4.69, 9.17) is 4.74 Å². The average molecular weight is 329 g/mol. The van der Waals surface area contributed by atoms with Crippen LogP contribution in [0, 0.1) is 0 Å². The molecular weight excluding hydrogens is 302 g/mol. The Balaban J connectivity index is 1.68. The number of benzene rings is 1. The third kappa shape index (κ3) is 3.81. The van der Waals surface area contributed by atoms with Crippen LogP contribution in [0.4, 0.5) is 4.79 Å². The van der Waals surface area contributed by atoms with E-state index in [9.17, 15) is 9.90 Å². The zero-order valence-electron chi connectivity index (χ0n) is 14.6. The third-order valence-electron chi connectivity index (χ3n) is 5.01. The lowest BCUT2D eigenvalue weighted by Crippen LogP contribution is -2.59. The zero-order chi connectivity index (χ0) is 17.2. The van der Waals surface area contributed by atoms with E-state index in [0.29, 0.717) is 19.4 Å². The number of allylic oxidation sites excluding steroid dienone is 1. The SMILES string of the molecule is CC(C)=CC1(O)CC2CCCC(C1)N2C(=O)OCc1ccccc1. The van der Waals surface area contributed by atoms with Crippen LogP contribution in [0.2, 0.25) is 0 Å². The van der Waals surface area contributed by atoms with E-state index >= 15 is 0 Å². The molecule has 2 atom stereocenters. The first kappa shape index (κ1) is 17.0. The van der Waals surface area contributed by atoms with E-state index in [-0.39, 0.29) is 18.2 Å². The first-order chi connectivity index (χ1) is 11.5. The van der Waals surface area contributed by atoms with E-state index in [1.165, 1.54) is 0 Å². The molecule has 0 saturated carbocycles. The van der Waals surface area contributed by atoms with Gasteiger partial charge in [-0.25, -0.2) is 4.79 Å². The van der Waals surface area contributed by atoms with Crippen molar-refractivity contribution in [2.24, 2.45) is 0 Å². The lowest BCUT2D eigenvalue weighted by molar-refractivity contribution is -0.0601. The monoisotopic (exact) mass is 329 g/mol. The number of carbonyl (C=O) groups excluding carboxylic acids is 1. The summed E-state index contributed by atoms with van der Waals surface area (Å²) in [4.78, 5) is 14.5. The Morgan fingerprint density at radius 1 is 1.25 bits per heavy atom. The Hall–Kier alpha value is -1.81. The van der Waals surface area contributed by atoms with Gasteiger partial charge in [0.2, 0.25) is 0 Å². The molecule has 24 heavy (non-hydrogen) atoms. The van der Waals surface area contributed by atoms with Gasteiger partial charge >= 0.3 is 6.09 Å². The van der Waals surface area contributed by atoms with Gasteiger partial charge in [-0.1, -0.05) is 42.0 Å². The molecule has 2 unspecified atom stereocenters. The quantitative estimate of drug-likeness (QED) is 0.852. The first-order valence-electron chi connectivity index (χ1n) is 8.84. The van der Waals surface area contributed by atoms with Gasteiger partial charge in [0.15, 0.2) is 0 Å². The van der Waals surface area contributed by atoms with Gasteiger partial charge in [0.05, 0.1) is 5.60 Å². The van der Waals surface area contributed by atoms with E-state index in [1.807, 2.05) is 55.2 Å². The fourth-order valence-electron chi connectivity index (χ4n) is 4.21. The highest BCUT2D eigenvalue weighted by Gasteiger charge is 2.46. The van der Waals surface area contributed by atoms with Crippen molar-refractivity contribution in [2.45, 2.75) is 70.2 Å². The van der Waals surface area contributed by atoms with Gasteiger partial charge in [-0.15, -0.1) is 0 Å². The number of amides is 1. The minimum Gasteiger partial charge on any atom is -0.445 e. The van der Waals surface area contributed by atoms with Crippen LogP contribution in [0.5, 0.6) is 0 Å². The number of ether oxygens (including phenoxy) is 1. The Labute approximate surface area is 144 Å². The van der Waals surface area contributed by atoms with Gasteiger partial charge in [-0.05, 0) is 38.7 Å². The molecule has 1 aromatic carbocycles. The maximum absolute atomic E-state index is 12.6. The van der Waals surface area contributed by atoms with Crippen LogP contribution in [0.25, 0.3) is 0 Å². The molecule has 4 heteroatoms. The van der Waals surface area contributed by atoms with Gasteiger partial charge in [-0.2, -0.15) is 0 Å². The maximum Gasteiger partial charge on any atom is 0.410 e. The Bertz CT molecular complexity index is 593. The molecule has 1 amide bonds. The minimum atomic E-state index is -0.787. The minimum absolute atomic E-state index is 0.0707. The van der Waals surface area contributed by atoms with Gasteiger partial charge < -0.3 is 14.7 Å². The molecular formula is C20H27NO3. The molecule has 0 aliphatic carbocycles. The van der Waals surface area contributed by atoms with Gasteiger partial charge in [0, 0.05) is 24.9 Å². The molecule has 0 aromatic heterocycles. The van der Waals surface area contributed by atoms with Crippen LogP contribution in [0.15, 0.2) is 42.0 Å². The molecule has 2 fully saturated rings. The predicted octanol–water partition coefficient (Wildman–Crippen LogP) is 4.04. The number of hydrogen-bond acceptors (Lipinski definition) is 3. The highest BCUT2D eigenvalue weighted by molar-refractivity contribution is 5.69. The molecule has 2 saturated heterocycles. The molecule has 2 heterocycles. The third-order valence-corrected chi connectivity index (χ3v) is 5.01. The van der Waals surface area contributed by atoms with Crippen molar-refractivity contribution in [3.8, 4) is 0 Å². The normalized spacial score (nSPS) is 29.0. The number of piperidine rings is 2. The molecule has 1 aromatic rings.